The molecule has 1 aromatic heterocycles. The summed E-state index contributed by atoms with van der Waals surface area (Å²) in [7, 11) is 0. The molecule has 2 aromatic rings. The fourth-order valence-electron chi connectivity index (χ4n) is 2.40. The molecule has 0 N–H and O–H groups in total. The highest BCUT2D eigenvalue weighted by molar-refractivity contribution is 8.03. The van der Waals surface area contributed by atoms with E-state index in [1.54, 1.807) is 0 Å². The van der Waals surface area contributed by atoms with Crippen molar-refractivity contribution in [2.45, 2.75) is 25.3 Å². The first-order chi connectivity index (χ1) is 9.81. The Balaban J connectivity index is 1.92. The number of nitrogens with zero attached hydrogens (tertiary/aromatic N) is 2. The maximum atomic E-state index is 2.38. The third-order valence-corrected chi connectivity index (χ3v) is 4.64. The molecule has 0 atom stereocenters. The van der Waals surface area contributed by atoms with E-state index in [0.29, 0.717) is 0 Å². The van der Waals surface area contributed by atoms with Crippen molar-refractivity contribution in [2.24, 2.45) is 0 Å². The number of benzene rings is 1. The van der Waals surface area contributed by atoms with Crippen molar-refractivity contribution in [1.82, 2.24) is 0 Å². The number of aromatic nitrogens is 1. The third-order valence-electron chi connectivity index (χ3n) is 3.53. The van der Waals surface area contributed by atoms with Gasteiger partial charge in [0, 0.05) is 23.6 Å². The fraction of sp³-hybridized carbons (Fsp3) is 0.235. The van der Waals surface area contributed by atoms with Gasteiger partial charge in [-0.2, -0.15) is 0 Å². The van der Waals surface area contributed by atoms with Crippen LogP contribution in [0.2, 0.25) is 0 Å². The SMILES string of the molecule is CCN1/C(=C/c2cc[n+](CC)cc2)Sc2ccccc21. The lowest BCUT2D eigenvalue weighted by atomic mass is 10.2. The Labute approximate surface area is 124 Å². The van der Waals surface area contributed by atoms with E-state index in [-0.39, 0.29) is 0 Å². The molecule has 1 aromatic carbocycles. The Kier molecular flexibility index (Phi) is 3.79. The molecule has 3 heteroatoms. The number of pyridine rings is 1. The Bertz CT molecular complexity index is 632. The molecule has 0 bridgehead atoms. The topological polar surface area (TPSA) is 7.12 Å². The van der Waals surface area contributed by atoms with E-state index in [0.717, 1.165) is 13.1 Å². The van der Waals surface area contributed by atoms with Crippen LogP contribution in [0.5, 0.6) is 0 Å². The van der Waals surface area contributed by atoms with Crippen molar-refractivity contribution < 1.29 is 4.57 Å². The van der Waals surface area contributed by atoms with Crippen LogP contribution in [-0.4, -0.2) is 6.54 Å². The van der Waals surface area contributed by atoms with Gasteiger partial charge in [-0.1, -0.05) is 23.9 Å². The molecule has 0 unspecified atom stereocenters. The highest BCUT2D eigenvalue weighted by Crippen LogP contribution is 2.46. The minimum atomic E-state index is 0.998. The van der Waals surface area contributed by atoms with Crippen LogP contribution in [0.25, 0.3) is 6.08 Å². The van der Waals surface area contributed by atoms with Gasteiger partial charge < -0.3 is 4.90 Å². The van der Waals surface area contributed by atoms with Crippen molar-refractivity contribution in [3.05, 3.63) is 59.4 Å². The average Bonchev–Trinajstić information content (AvgIpc) is 2.85. The number of anilines is 1. The molecule has 0 amide bonds. The predicted molar refractivity (Wildman–Crippen MR) is 85.6 cm³/mol. The van der Waals surface area contributed by atoms with Gasteiger partial charge in [-0.25, -0.2) is 4.57 Å². The van der Waals surface area contributed by atoms with E-state index in [9.17, 15) is 0 Å². The molecule has 0 aliphatic carbocycles. The van der Waals surface area contributed by atoms with Gasteiger partial charge in [0.1, 0.15) is 6.54 Å². The summed E-state index contributed by atoms with van der Waals surface area (Å²) < 4.78 is 2.18. The zero-order valence-electron chi connectivity index (χ0n) is 11.9. The van der Waals surface area contributed by atoms with Crippen molar-refractivity contribution in [1.29, 1.82) is 0 Å². The number of para-hydroxylation sites is 1. The maximum Gasteiger partial charge on any atom is 0.169 e. The summed E-state index contributed by atoms with van der Waals surface area (Å²) in [5.74, 6) is 0. The molecule has 0 radical (unpaired) electrons. The molecule has 1 aliphatic rings. The molecule has 2 heterocycles. The minimum Gasteiger partial charge on any atom is -0.335 e. The largest absolute Gasteiger partial charge is 0.335 e. The number of hydrogen-bond acceptors (Lipinski definition) is 2. The van der Waals surface area contributed by atoms with Crippen molar-refractivity contribution in [3.63, 3.8) is 0 Å². The van der Waals surface area contributed by atoms with Crippen molar-refractivity contribution in [3.8, 4) is 0 Å². The van der Waals surface area contributed by atoms with Gasteiger partial charge in [0.05, 0.1) is 10.7 Å². The van der Waals surface area contributed by atoms with Gasteiger partial charge in [0.15, 0.2) is 12.4 Å². The van der Waals surface area contributed by atoms with Crippen LogP contribution in [0, 0.1) is 0 Å². The second-order valence-corrected chi connectivity index (χ2v) is 5.82. The minimum absolute atomic E-state index is 0.998. The van der Waals surface area contributed by atoms with Crippen LogP contribution >= 0.6 is 11.8 Å². The lowest BCUT2D eigenvalue weighted by Crippen LogP contribution is -2.30. The Hall–Kier alpha value is -1.74. The first-order valence-corrected chi connectivity index (χ1v) is 7.88. The summed E-state index contributed by atoms with van der Waals surface area (Å²) in [5, 5.41) is 1.31. The average molecular weight is 283 g/mol. The standard InChI is InChI=1S/C17H19N2S/c1-3-18-11-9-14(10-12-18)13-17-19(4-2)15-7-5-6-8-16(15)20-17/h5-13H,3-4H2,1-2H3/q+1. The smallest absolute Gasteiger partial charge is 0.169 e. The highest BCUT2D eigenvalue weighted by Gasteiger charge is 2.23. The molecule has 102 valence electrons. The van der Waals surface area contributed by atoms with Crippen molar-refractivity contribution in [2.75, 3.05) is 11.4 Å². The second kappa shape index (κ2) is 5.71. The number of hydrogen-bond donors (Lipinski definition) is 0. The normalized spacial score (nSPS) is 15.7. The number of fused-ring (bicyclic) bond motifs is 1. The van der Waals surface area contributed by atoms with E-state index >= 15 is 0 Å². The zero-order chi connectivity index (χ0) is 13.9. The molecular weight excluding hydrogens is 264 g/mol. The third kappa shape index (κ3) is 2.46. The molecule has 0 saturated heterocycles. The molecule has 2 nitrogen and oxygen atoms in total. The lowest BCUT2D eigenvalue weighted by molar-refractivity contribution is -0.693. The first-order valence-electron chi connectivity index (χ1n) is 7.07. The van der Waals surface area contributed by atoms with E-state index in [4.69, 9.17) is 0 Å². The summed E-state index contributed by atoms with van der Waals surface area (Å²) in [4.78, 5) is 3.72. The quantitative estimate of drug-likeness (QED) is 0.788. The lowest BCUT2D eigenvalue weighted by Gasteiger charge is -2.17. The van der Waals surface area contributed by atoms with Crippen molar-refractivity contribution >= 4 is 23.5 Å². The van der Waals surface area contributed by atoms with Crippen LogP contribution in [-0.2, 0) is 6.54 Å². The molecule has 3 rings (SSSR count). The summed E-state index contributed by atoms with van der Waals surface area (Å²) >= 11 is 1.85. The fourth-order valence-corrected chi connectivity index (χ4v) is 3.59. The van der Waals surface area contributed by atoms with Crippen LogP contribution in [0.15, 0.2) is 58.7 Å². The first kappa shape index (κ1) is 13.3. The van der Waals surface area contributed by atoms with Gasteiger partial charge >= 0.3 is 0 Å². The summed E-state index contributed by atoms with van der Waals surface area (Å²) in [6, 6.07) is 13.0. The number of aryl methyl sites for hydroxylation is 1. The molecular formula is C17H19N2S+. The van der Waals surface area contributed by atoms with Crippen LogP contribution in [0.1, 0.15) is 19.4 Å². The van der Waals surface area contributed by atoms with Gasteiger partial charge in [0.25, 0.3) is 0 Å². The van der Waals surface area contributed by atoms with Gasteiger partial charge in [-0.05, 0) is 37.6 Å². The molecule has 0 saturated carbocycles. The maximum absolute atomic E-state index is 2.38. The van der Waals surface area contributed by atoms with E-state index in [1.807, 2.05) is 11.8 Å². The number of thioether (sulfide) groups is 1. The van der Waals surface area contributed by atoms with E-state index in [1.165, 1.54) is 21.2 Å². The van der Waals surface area contributed by atoms with Gasteiger partial charge in [-0.3, -0.25) is 0 Å². The Morgan fingerprint density at radius 1 is 1.10 bits per heavy atom. The Morgan fingerprint density at radius 3 is 2.55 bits per heavy atom. The number of rotatable bonds is 3. The predicted octanol–water partition coefficient (Wildman–Crippen LogP) is 3.92. The van der Waals surface area contributed by atoms with Gasteiger partial charge in [0.2, 0.25) is 0 Å². The molecule has 0 fully saturated rings. The van der Waals surface area contributed by atoms with Gasteiger partial charge in [-0.15, -0.1) is 0 Å². The zero-order valence-corrected chi connectivity index (χ0v) is 12.7. The Morgan fingerprint density at radius 2 is 1.85 bits per heavy atom. The summed E-state index contributed by atoms with van der Waals surface area (Å²) in [6.07, 6.45) is 6.54. The molecule has 0 spiro atoms. The van der Waals surface area contributed by atoms with Crippen LogP contribution < -0.4 is 9.47 Å². The second-order valence-electron chi connectivity index (χ2n) is 4.76. The van der Waals surface area contributed by atoms with E-state index < -0.39 is 0 Å². The van der Waals surface area contributed by atoms with Crippen LogP contribution in [0.4, 0.5) is 5.69 Å². The molecule has 1 aliphatic heterocycles. The summed E-state index contributed by atoms with van der Waals surface area (Å²) in [6.45, 7) is 6.36. The molecule has 20 heavy (non-hydrogen) atoms. The summed E-state index contributed by atoms with van der Waals surface area (Å²) in [5.41, 5.74) is 2.58. The van der Waals surface area contributed by atoms with E-state index in [2.05, 4.69) is 78.2 Å². The monoisotopic (exact) mass is 283 g/mol. The highest BCUT2D eigenvalue weighted by atomic mass is 32.2. The van der Waals surface area contributed by atoms with Crippen LogP contribution in [0.3, 0.4) is 0 Å².